The van der Waals surface area contributed by atoms with Gasteiger partial charge >= 0.3 is 5.63 Å². The van der Waals surface area contributed by atoms with Crippen LogP contribution in [0.25, 0.3) is 11.0 Å². The van der Waals surface area contributed by atoms with Crippen molar-refractivity contribution in [3.8, 4) is 5.75 Å². The number of benzene rings is 2. The molecular formula is C22H21NO4. The summed E-state index contributed by atoms with van der Waals surface area (Å²) in [6.07, 6.45) is 2.94. The number of hydrogen-bond donors (Lipinski definition) is 1. The fraction of sp³-hybridized carbons (Fsp3) is 0.273. The number of ether oxygens (including phenoxy) is 1. The Morgan fingerprint density at radius 2 is 2.07 bits per heavy atom. The molecule has 1 N–H and O–H groups in total. The van der Waals surface area contributed by atoms with Crippen LogP contribution in [0.4, 0.5) is 0 Å². The van der Waals surface area contributed by atoms with Gasteiger partial charge in [0.1, 0.15) is 11.3 Å². The molecule has 1 aromatic heterocycles. The number of amides is 1. The monoisotopic (exact) mass is 363 g/mol. The molecular weight excluding hydrogens is 342 g/mol. The third kappa shape index (κ3) is 3.45. The van der Waals surface area contributed by atoms with Crippen molar-refractivity contribution in [3.63, 3.8) is 0 Å². The highest BCUT2D eigenvalue weighted by atomic mass is 16.5. The Balaban J connectivity index is 1.68. The van der Waals surface area contributed by atoms with E-state index in [9.17, 15) is 9.59 Å². The van der Waals surface area contributed by atoms with Crippen molar-refractivity contribution in [2.75, 3.05) is 6.61 Å². The highest BCUT2D eigenvalue weighted by Crippen LogP contribution is 2.30. The summed E-state index contributed by atoms with van der Waals surface area (Å²) in [6, 6.07) is 14.6. The van der Waals surface area contributed by atoms with E-state index in [4.69, 9.17) is 9.15 Å². The van der Waals surface area contributed by atoms with E-state index < -0.39 is 5.63 Å². The van der Waals surface area contributed by atoms with Gasteiger partial charge in [-0.05, 0) is 49.4 Å². The predicted molar refractivity (Wildman–Crippen MR) is 103 cm³/mol. The van der Waals surface area contributed by atoms with E-state index >= 15 is 0 Å². The zero-order valence-electron chi connectivity index (χ0n) is 15.2. The first-order valence-electron chi connectivity index (χ1n) is 9.25. The van der Waals surface area contributed by atoms with Crippen molar-refractivity contribution in [1.82, 2.24) is 5.32 Å². The zero-order chi connectivity index (χ0) is 18.8. The van der Waals surface area contributed by atoms with Crippen LogP contribution in [-0.2, 0) is 6.42 Å². The SMILES string of the molecule is CCOc1ccc2c(C(=O)NC3CCCc4ccccc43)cc(=O)oc2c1. The van der Waals surface area contributed by atoms with Gasteiger partial charge in [0.25, 0.3) is 5.91 Å². The molecule has 0 bridgehead atoms. The molecule has 27 heavy (non-hydrogen) atoms. The van der Waals surface area contributed by atoms with E-state index in [0.29, 0.717) is 28.9 Å². The van der Waals surface area contributed by atoms with Gasteiger partial charge in [0, 0.05) is 17.5 Å². The first kappa shape index (κ1) is 17.3. The average Bonchev–Trinajstić information content (AvgIpc) is 2.67. The molecule has 2 aromatic carbocycles. The second-order valence-electron chi connectivity index (χ2n) is 6.69. The molecule has 0 saturated carbocycles. The normalized spacial score (nSPS) is 16.0. The van der Waals surface area contributed by atoms with Gasteiger partial charge in [-0.2, -0.15) is 0 Å². The summed E-state index contributed by atoms with van der Waals surface area (Å²) in [5.41, 5.74) is 2.55. The Morgan fingerprint density at radius 3 is 2.93 bits per heavy atom. The number of rotatable bonds is 4. The number of nitrogens with one attached hydrogen (secondary N) is 1. The van der Waals surface area contributed by atoms with Crippen LogP contribution < -0.4 is 15.7 Å². The van der Waals surface area contributed by atoms with Gasteiger partial charge < -0.3 is 14.5 Å². The molecule has 1 heterocycles. The van der Waals surface area contributed by atoms with Crippen LogP contribution in [0.5, 0.6) is 5.75 Å². The van der Waals surface area contributed by atoms with Gasteiger partial charge in [-0.3, -0.25) is 4.79 Å². The quantitative estimate of drug-likeness (QED) is 0.712. The molecule has 0 radical (unpaired) electrons. The summed E-state index contributed by atoms with van der Waals surface area (Å²) in [7, 11) is 0. The zero-order valence-corrected chi connectivity index (χ0v) is 15.2. The highest BCUT2D eigenvalue weighted by Gasteiger charge is 2.23. The van der Waals surface area contributed by atoms with Gasteiger partial charge in [0.15, 0.2) is 0 Å². The van der Waals surface area contributed by atoms with Crippen LogP contribution in [0.3, 0.4) is 0 Å². The maximum absolute atomic E-state index is 13.0. The molecule has 1 aliphatic carbocycles. The molecule has 0 saturated heterocycles. The van der Waals surface area contributed by atoms with Crippen molar-refractivity contribution < 1.29 is 13.9 Å². The number of aryl methyl sites for hydroxylation is 1. The lowest BCUT2D eigenvalue weighted by Gasteiger charge is -2.26. The van der Waals surface area contributed by atoms with E-state index in [1.807, 2.05) is 19.1 Å². The lowest BCUT2D eigenvalue weighted by atomic mass is 9.87. The topological polar surface area (TPSA) is 68.5 Å². The van der Waals surface area contributed by atoms with Crippen LogP contribution in [0, 0.1) is 0 Å². The minimum atomic E-state index is -0.551. The molecule has 5 nitrogen and oxygen atoms in total. The Kier molecular flexibility index (Phi) is 4.67. The number of carbonyl (C=O) groups is 1. The second-order valence-corrected chi connectivity index (χ2v) is 6.69. The van der Waals surface area contributed by atoms with Gasteiger partial charge in [-0.1, -0.05) is 24.3 Å². The number of fused-ring (bicyclic) bond motifs is 2. The average molecular weight is 363 g/mol. The van der Waals surface area contributed by atoms with Crippen molar-refractivity contribution in [1.29, 1.82) is 0 Å². The van der Waals surface area contributed by atoms with Crippen molar-refractivity contribution >= 4 is 16.9 Å². The van der Waals surface area contributed by atoms with E-state index in [1.54, 1.807) is 18.2 Å². The van der Waals surface area contributed by atoms with Crippen molar-refractivity contribution in [3.05, 3.63) is 75.6 Å². The molecule has 4 rings (SSSR count). The fourth-order valence-electron chi connectivity index (χ4n) is 3.73. The molecule has 1 aliphatic rings. The van der Waals surface area contributed by atoms with Crippen molar-refractivity contribution in [2.24, 2.45) is 0 Å². The molecule has 0 aliphatic heterocycles. The molecule has 1 amide bonds. The first-order valence-corrected chi connectivity index (χ1v) is 9.25. The summed E-state index contributed by atoms with van der Waals surface area (Å²) < 4.78 is 10.7. The van der Waals surface area contributed by atoms with E-state index in [1.165, 1.54) is 11.6 Å². The molecule has 1 unspecified atom stereocenters. The fourth-order valence-corrected chi connectivity index (χ4v) is 3.73. The number of carbonyl (C=O) groups excluding carboxylic acids is 1. The standard InChI is InChI=1S/C22H21NO4/c1-2-26-15-10-11-17-18(13-21(24)27-20(17)12-15)22(25)23-19-9-5-7-14-6-3-4-8-16(14)19/h3-4,6,8,10-13,19H,2,5,7,9H2,1H3,(H,23,25). The third-order valence-electron chi connectivity index (χ3n) is 4.95. The van der Waals surface area contributed by atoms with Crippen LogP contribution in [0.15, 0.2) is 57.7 Å². The predicted octanol–water partition coefficient (Wildman–Crippen LogP) is 4.00. The van der Waals surface area contributed by atoms with E-state index in [2.05, 4.69) is 17.4 Å². The summed E-state index contributed by atoms with van der Waals surface area (Å²) in [6.45, 7) is 2.39. The summed E-state index contributed by atoms with van der Waals surface area (Å²) in [4.78, 5) is 25.0. The lowest BCUT2D eigenvalue weighted by Crippen LogP contribution is -2.31. The molecule has 138 valence electrons. The smallest absolute Gasteiger partial charge is 0.337 e. The molecule has 0 fully saturated rings. The third-order valence-corrected chi connectivity index (χ3v) is 4.95. The van der Waals surface area contributed by atoms with Crippen LogP contribution in [0.1, 0.15) is 47.3 Å². The first-order chi connectivity index (χ1) is 13.2. The van der Waals surface area contributed by atoms with Gasteiger partial charge in [-0.15, -0.1) is 0 Å². The van der Waals surface area contributed by atoms with Crippen LogP contribution in [0.2, 0.25) is 0 Å². The minimum Gasteiger partial charge on any atom is -0.494 e. The molecule has 0 spiro atoms. The Labute approximate surface area is 157 Å². The largest absolute Gasteiger partial charge is 0.494 e. The Bertz CT molecular complexity index is 1050. The Hall–Kier alpha value is -3.08. The summed E-state index contributed by atoms with van der Waals surface area (Å²) >= 11 is 0. The van der Waals surface area contributed by atoms with Gasteiger partial charge in [0.2, 0.25) is 0 Å². The summed E-state index contributed by atoms with van der Waals surface area (Å²) in [5.74, 6) is 0.339. The van der Waals surface area contributed by atoms with Crippen LogP contribution in [-0.4, -0.2) is 12.5 Å². The maximum atomic E-state index is 13.0. The minimum absolute atomic E-state index is 0.0487. The molecule has 5 heteroatoms. The van der Waals surface area contributed by atoms with Gasteiger partial charge in [-0.25, -0.2) is 4.79 Å². The van der Waals surface area contributed by atoms with Crippen LogP contribution >= 0.6 is 0 Å². The molecule has 3 aromatic rings. The molecule has 1 atom stereocenters. The maximum Gasteiger partial charge on any atom is 0.337 e. The summed E-state index contributed by atoms with van der Waals surface area (Å²) in [5, 5.41) is 3.70. The lowest BCUT2D eigenvalue weighted by molar-refractivity contribution is 0.0934. The second kappa shape index (κ2) is 7.27. The van der Waals surface area contributed by atoms with E-state index in [0.717, 1.165) is 24.8 Å². The Morgan fingerprint density at radius 1 is 1.22 bits per heavy atom. The number of hydrogen-bond acceptors (Lipinski definition) is 4. The van der Waals surface area contributed by atoms with Crippen molar-refractivity contribution in [2.45, 2.75) is 32.2 Å². The van der Waals surface area contributed by atoms with Gasteiger partial charge in [0.05, 0.1) is 18.2 Å². The highest BCUT2D eigenvalue weighted by molar-refractivity contribution is 6.05. The van der Waals surface area contributed by atoms with E-state index in [-0.39, 0.29) is 11.9 Å².